The Morgan fingerprint density at radius 3 is 2.22 bits per heavy atom. The molecule has 1 N–H and O–H groups in total. The maximum Gasteiger partial charge on any atom is 0.257 e. The molecule has 0 spiro atoms. The van der Waals surface area contributed by atoms with Gasteiger partial charge in [-0.25, -0.2) is 0 Å². The van der Waals surface area contributed by atoms with Gasteiger partial charge in [0, 0.05) is 6.54 Å². The molecule has 146 valence electrons. The quantitative estimate of drug-likeness (QED) is 0.507. The summed E-state index contributed by atoms with van der Waals surface area (Å²) in [6.07, 6.45) is 1.88. The number of nitrogens with one attached hydrogen (secondary N) is 1. The smallest absolute Gasteiger partial charge is 0.257 e. The van der Waals surface area contributed by atoms with Gasteiger partial charge in [0.1, 0.15) is 5.75 Å². The van der Waals surface area contributed by atoms with E-state index in [4.69, 9.17) is 4.74 Å². The molecular weight excluding hydrogens is 402 g/mol. The number of rotatable bonds is 9. The first-order valence-electron chi connectivity index (χ1n) is 9.64. The second kappa shape index (κ2) is 10.5. The van der Waals surface area contributed by atoms with Crippen molar-refractivity contribution in [1.29, 1.82) is 0 Å². The minimum atomic E-state index is -0.0926. The Morgan fingerprint density at radius 1 is 1.00 bits per heavy atom. The Hall–Kier alpha value is -1.81. The number of ether oxygens (including phenoxy) is 1. The van der Waals surface area contributed by atoms with Crippen LogP contribution in [0.1, 0.15) is 62.6 Å². The lowest BCUT2D eigenvalue weighted by Crippen LogP contribution is -2.30. The molecule has 2 rings (SSSR count). The third-order valence-corrected chi connectivity index (χ3v) is 5.21. The summed E-state index contributed by atoms with van der Waals surface area (Å²) in [6.45, 7) is 9.38. The molecule has 3 nitrogen and oxygen atoms in total. The first-order valence-corrected chi connectivity index (χ1v) is 10.4. The normalized spacial score (nSPS) is 11.1. The van der Waals surface area contributed by atoms with E-state index in [9.17, 15) is 4.79 Å². The summed E-state index contributed by atoms with van der Waals surface area (Å²) in [5.74, 6) is 1.62. The Labute approximate surface area is 171 Å². The Balaban J connectivity index is 1.69. The number of halogens is 1. The highest BCUT2D eigenvalue weighted by Gasteiger charge is 2.08. The van der Waals surface area contributed by atoms with Crippen LogP contribution >= 0.6 is 15.9 Å². The van der Waals surface area contributed by atoms with Crippen LogP contribution < -0.4 is 10.1 Å². The van der Waals surface area contributed by atoms with Crippen molar-refractivity contribution in [2.24, 2.45) is 0 Å². The summed E-state index contributed by atoms with van der Waals surface area (Å²) in [6, 6.07) is 14.7. The second-order valence-electron chi connectivity index (χ2n) is 7.48. The molecule has 0 aliphatic heterocycles. The molecule has 0 aliphatic carbocycles. The topological polar surface area (TPSA) is 38.3 Å². The van der Waals surface area contributed by atoms with Gasteiger partial charge in [-0.2, -0.15) is 0 Å². The molecule has 0 aromatic heterocycles. The van der Waals surface area contributed by atoms with Gasteiger partial charge in [-0.15, -0.1) is 0 Å². The van der Waals surface area contributed by atoms with Gasteiger partial charge in [0.15, 0.2) is 6.61 Å². The molecular formula is C23H30BrNO2. The number of carbonyl (C=O) groups excluding carboxylic acids is 1. The fourth-order valence-electron chi connectivity index (χ4n) is 2.78. The molecule has 1 amide bonds. The second-order valence-corrected chi connectivity index (χ2v) is 8.34. The minimum absolute atomic E-state index is 0.0305. The largest absolute Gasteiger partial charge is 0.483 e. The summed E-state index contributed by atoms with van der Waals surface area (Å²) in [5.41, 5.74) is 3.90. The molecule has 2 aromatic carbocycles. The molecule has 0 unspecified atom stereocenters. The van der Waals surface area contributed by atoms with Crippen LogP contribution in [-0.4, -0.2) is 19.1 Å². The molecule has 0 bridgehead atoms. The van der Waals surface area contributed by atoms with Crippen molar-refractivity contribution >= 4 is 21.8 Å². The van der Waals surface area contributed by atoms with Crippen LogP contribution in [0.4, 0.5) is 0 Å². The third-order valence-electron chi connectivity index (χ3n) is 4.59. The van der Waals surface area contributed by atoms with Crippen LogP contribution in [0.15, 0.2) is 46.9 Å². The number of hydrogen-bond acceptors (Lipinski definition) is 2. The van der Waals surface area contributed by atoms with Crippen LogP contribution in [0.2, 0.25) is 0 Å². The highest BCUT2D eigenvalue weighted by atomic mass is 79.9. The molecule has 0 saturated carbocycles. The lowest BCUT2D eigenvalue weighted by atomic mass is 10.0. The maximum absolute atomic E-state index is 12.0. The van der Waals surface area contributed by atoms with Gasteiger partial charge in [-0.1, -0.05) is 58.0 Å². The number of aryl methyl sites for hydroxylation is 1. The number of benzene rings is 2. The van der Waals surface area contributed by atoms with Crippen LogP contribution in [0.25, 0.3) is 0 Å². The van der Waals surface area contributed by atoms with Gasteiger partial charge in [-0.3, -0.25) is 4.79 Å². The Morgan fingerprint density at radius 2 is 1.63 bits per heavy atom. The third kappa shape index (κ3) is 7.02. The van der Waals surface area contributed by atoms with E-state index < -0.39 is 0 Å². The summed E-state index contributed by atoms with van der Waals surface area (Å²) in [4.78, 5) is 12.0. The van der Waals surface area contributed by atoms with Gasteiger partial charge in [-0.05, 0) is 69.4 Å². The molecule has 0 saturated heterocycles. The highest BCUT2D eigenvalue weighted by molar-refractivity contribution is 9.10. The van der Waals surface area contributed by atoms with E-state index in [0.29, 0.717) is 24.1 Å². The molecule has 0 heterocycles. The van der Waals surface area contributed by atoms with Gasteiger partial charge in [0.05, 0.1) is 4.47 Å². The van der Waals surface area contributed by atoms with Gasteiger partial charge < -0.3 is 10.1 Å². The van der Waals surface area contributed by atoms with Crippen LogP contribution in [0, 0.1) is 0 Å². The molecule has 2 aromatic rings. The van der Waals surface area contributed by atoms with E-state index in [1.165, 1.54) is 16.7 Å². The summed E-state index contributed by atoms with van der Waals surface area (Å²) >= 11 is 3.51. The Bertz CT molecular complexity index is 739. The predicted octanol–water partition coefficient (Wildman–Crippen LogP) is 5.82. The Kier molecular flexibility index (Phi) is 8.36. The standard InChI is InChI=1S/C23H30BrNO2/c1-16(2)19-9-7-18(8-10-19)6-5-13-25-23(26)15-27-22-12-11-20(17(3)4)14-21(22)24/h7-12,14,16-17H,5-6,13,15H2,1-4H3,(H,25,26). The number of amides is 1. The monoisotopic (exact) mass is 431 g/mol. The van der Waals surface area contributed by atoms with E-state index in [1.807, 2.05) is 18.2 Å². The van der Waals surface area contributed by atoms with Gasteiger partial charge in [0.25, 0.3) is 5.91 Å². The van der Waals surface area contributed by atoms with Crippen molar-refractivity contribution in [3.63, 3.8) is 0 Å². The number of carbonyl (C=O) groups is 1. The fraction of sp³-hybridized carbons (Fsp3) is 0.435. The van der Waals surface area contributed by atoms with Gasteiger partial charge in [0.2, 0.25) is 0 Å². The van der Waals surface area contributed by atoms with E-state index in [2.05, 4.69) is 73.2 Å². The van der Waals surface area contributed by atoms with Crippen LogP contribution in [0.5, 0.6) is 5.75 Å². The van der Waals surface area contributed by atoms with Crippen molar-refractivity contribution in [2.75, 3.05) is 13.2 Å². The molecule has 0 aliphatic rings. The molecule has 4 heteroatoms. The molecule has 0 atom stereocenters. The van der Waals surface area contributed by atoms with Crippen molar-refractivity contribution < 1.29 is 9.53 Å². The zero-order valence-corrected chi connectivity index (χ0v) is 18.3. The first kappa shape index (κ1) is 21.5. The summed E-state index contributed by atoms with van der Waals surface area (Å²) in [7, 11) is 0. The van der Waals surface area contributed by atoms with Crippen LogP contribution in [-0.2, 0) is 11.2 Å². The van der Waals surface area contributed by atoms with E-state index >= 15 is 0 Å². The summed E-state index contributed by atoms with van der Waals surface area (Å²) < 4.78 is 6.51. The lowest BCUT2D eigenvalue weighted by molar-refractivity contribution is -0.123. The predicted molar refractivity (Wildman–Crippen MR) is 116 cm³/mol. The van der Waals surface area contributed by atoms with Crippen molar-refractivity contribution in [1.82, 2.24) is 5.32 Å². The van der Waals surface area contributed by atoms with E-state index in [0.717, 1.165) is 17.3 Å². The minimum Gasteiger partial charge on any atom is -0.483 e. The fourth-order valence-corrected chi connectivity index (χ4v) is 3.29. The zero-order chi connectivity index (χ0) is 19.8. The highest BCUT2D eigenvalue weighted by Crippen LogP contribution is 2.28. The average molecular weight is 432 g/mol. The number of hydrogen-bond donors (Lipinski definition) is 1. The SMILES string of the molecule is CC(C)c1ccc(CCCNC(=O)COc2ccc(C(C)C)cc2Br)cc1. The molecule has 0 radical (unpaired) electrons. The lowest BCUT2D eigenvalue weighted by Gasteiger charge is -2.12. The van der Waals surface area contributed by atoms with Crippen LogP contribution in [0.3, 0.4) is 0 Å². The maximum atomic E-state index is 12.0. The molecule has 27 heavy (non-hydrogen) atoms. The van der Waals surface area contributed by atoms with Crippen molar-refractivity contribution in [2.45, 2.75) is 52.4 Å². The zero-order valence-electron chi connectivity index (χ0n) is 16.7. The van der Waals surface area contributed by atoms with Gasteiger partial charge >= 0.3 is 0 Å². The average Bonchev–Trinajstić information content (AvgIpc) is 2.64. The molecule has 0 fully saturated rings. The van der Waals surface area contributed by atoms with Crippen molar-refractivity contribution in [3.05, 3.63) is 63.6 Å². The summed E-state index contributed by atoms with van der Waals surface area (Å²) in [5, 5.41) is 2.92. The first-order chi connectivity index (χ1) is 12.9. The van der Waals surface area contributed by atoms with Crippen molar-refractivity contribution in [3.8, 4) is 5.75 Å². The van der Waals surface area contributed by atoms with E-state index in [1.54, 1.807) is 0 Å². The van der Waals surface area contributed by atoms with E-state index in [-0.39, 0.29) is 12.5 Å².